The highest BCUT2D eigenvalue weighted by molar-refractivity contribution is 5.80. The molecule has 1 nitrogen and oxygen atoms in total. The molecule has 80 valence electrons. The first-order chi connectivity index (χ1) is 7.02. The third kappa shape index (κ3) is 1.92. The SMILES string of the molecule is CCc1ccc2c(c1)NC(C)(C)C=C2C. The standard InChI is InChI=1S/C14H19N/c1-5-11-6-7-12-10(2)9-14(3,4)15-13(12)8-11/h6-9,15H,5H2,1-4H3. The van der Waals surface area contributed by atoms with E-state index in [0.717, 1.165) is 6.42 Å². The van der Waals surface area contributed by atoms with Crippen molar-refractivity contribution in [2.45, 2.75) is 39.7 Å². The lowest BCUT2D eigenvalue weighted by molar-refractivity contribution is 0.707. The van der Waals surface area contributed by atoms with Crippen LogP contribution in [-0.2, 0) is 6.42 Å². The highest BCUT2D eigenvalue weighted by Crippen LogP contribution is 2.33. The second kappa shape index (κ2) is 3.41. The van der Waals surface area contributed by atoms with Crippen LogP contribution < -0.4 is 5.32 Å². The van der Waals surface area contributed by atoms with E-state index in [0.29, 0.717) is 0 Å². The smallest absolute Gasteiger partial charge is 0.0505 e. The number of benzene rings is 1. The van der Waals surface area contributed by atoms with Crippen molar-refractivity contribution in [2.75, 3.05) is 5.32 Å². The Morgan fingerprint density at radius 2 is 2.00 bits per heavy atom. The molecule has 0 atom stereocenters. The molecule has 0 saturated carbocycles. The van der Waals surface area contributed by atoms with Gasteiger partial charge in [0.25, 0.3) is 0 Å². The van der Waals surface area contributed by atoms with E-state index in [1.165, 1.54) is 22.4 Å². The van der Waals surface area contributed by atoms with Gasteiger partial charge in [-0.3, -0.25) is 0 Å². The molecular formula is C14H19N. The molecule has 0 unspecified atom stereocenters. The van der Waals surface area contributed by atoms with Crippen molar-refractivity contribution >= 4 is 11.3 Å². The summed E-state index contributed by atoms with van der Waals surface area (Å²) in [5, 5.41) is 3.56. The van der Waals surface area contributed by atoms with Crippen molar-refractivity contribution in [3.05, 3.63) is 35.4 Å². The van der Waals surface area contributed by atoms with Crippen LogP contribution in [0.2, 0.25) is 0 Å². The molecule has 0 fully saturated rings. The summed E-state index contributed by atoms with van der Waals surface area (Å²) in [5.41, 5.74) is 5.46. The van der Waals surface area contributed by atoms with Gasteiger partial charge in [-0.15, -0.1) is 0 Å². The van der Waals surface area contributed by atoms with Crippen LogP contribution >= 0.6 is 0 Å². The van der Waals surface area contributed by atoms with E-state index >= 15 is 0 Å². The van der Waals surface area contributed by atoms with Gasteiger partial charge in [0.05, 0.1) is 5.54 Å². The van der Waals surface area contributed by atoms with Gasteiger partial charge in [0.15, 0.2) is 0 Å². The Kier molecular flexibility index (Phi) is 2.34. The Labute approximate surface area is 92.2 Å². The first kappa shape index (κ1) is 10.3. The third-order valence-electron chi connectivity index (χ3n) is 2.95. The summed E-state index contributed by atoms with van der Waals surface area (Å²) >= 11 is 0. The molecule has 0 bridgehead atoms. The summed E-state index contributed by atoms with van der Waals surface area (Å²) in [6.07, 6.45) is 3.39. The van der Waals surface area contributed by atoms with E-state index in [4.69, 9.17) is 0 Å². The van der Waals surface area contributed by atoms with Crippen LogP contribution in [0.25, 0.3) is 5.57 Å². The largest absolute Gasteiger partial charge is 0.376 e. The molecule has 1 aliphatic rings. The van der Waals surface area contributed by atoms with Crippen LogP contribution in [-0.4, -0.2) is 5.54 Å². The van der Waals surface area contributed by atoms with Crippen molar-refractivity contribution in [3.8, 4) is 0 Å². The maximum Gasteiger partial charge on any atom is 0.0505 e. The maximum atomic E-state index is 3.56. The third-order valence-corrected chi connectivity index (χ3v) is 2.95. The minimum Gasteiger partial charge on any atom is -0.376 e. The summed E-state index contributed by atoms with van der Waals surface area (Å²) < 4.78 is 0. The number of anilines is 1. The van der Waals surface area contributed by atoms with E-state index < -0.39 is 0 Å². The molecule has 0 aromatic heterocycles. The summed E-state index contributed by atoms with van der Waals surface area (Å²) in [7, 11) is 0. The lowest BCUT2D eigenvalue weighted by atomic mass is 9.90. The van der Waals surface area contributed by atoms with Crippen molar-refractivity contribution in [1.29, 1.82) is 0 Å². The number of aryl methyl sites for hydroxylation is 1. The quantitative estimate of drug-likeness (QED) is 0.727. The fraction of sp³-hybridized carbons (Fsp3) is 0.429. The molecule has 0 saturated heterocycles. The van der Waals surface area contributed by atoms with Crippen molar-refractivity contribution < 1.29 is 0 Å². The van der Waals surface area contributed by atoms with Gasteiger partial charge >= 0.3 is 0 Å². The van der Waals surface area contributed by atoms with Crippen LogP contribution in [0.3, 0.4) is 0 Å². The van der Waals surface area contributed by atoms with E-state index in [1.807, 2.05) is 0 Å². The highest BCUT2D eigenvalue weighted by Gasteiger charge is 2.21. The molecule has 0 radical (unpaired) electrons. The lowest BCUT2D eigenvalue weighted by Gasteiger charge is -2.31. The summed E-state index contributed by atoms with van der Waals surface area (Å²) in [6, 6.07) is 6.71. The molecule has 1 aromatic rings. The fourth-order valence-electron chi connectivity index (χ4n) is 2.26. The Morgan fingerprint density at radius 3 is 2.67 bits per heavy atom. The minimum atomic E-state index is 0.0729. The Morgan fingerprint density at radius 1 is 1.27 bits per heavy atom. The van der Waals surface area contributed by atoms with Crippen LogP contribution in [0.15, 0.2) is 24.3 Å². The Balaban J connectivity index is 2.51. The molecule has 0 spiro atoms. The first-order valence-corrected chi connectivity index (χ1v) is 5.63. The van der Waals surface area contributed by atoms with E-state index in [1.54, 1.807) is 0 Å². The number of fused-ring (bicyclic) bond motifs is 1. The lowest BCUT2D eigenvalue weighted by Crippen LogP contribution is -2.31. The van der Waals surface area contributed by atoms with Gasteiger partial charge in [-0.2, -0.15) is 0 Å². The Bertz CT molecular complexity index is 413. The predicted octanol–water partition coefficient (Wildman–Crippen LogP) is 3.86. The zero-order chi connectivity index (χ0) is 11.1. The van der Waals surface area contributed by atoms with Crippen molar-refractivity contribution in [2.24, 2.45) is 0 Å². The van der Waals surface area contributed by atoms with E-state index in [2.05, 4.69) is 57.3 Å². The maximum absolute atomic E-state index is 3.56. The van der Waals surface area contributed by atoms with Crippen LogP contribution in [0.1, 0.15) is 38.8 Å². The normalized spacial score (nSPS) is 17.7. The van der Waals surface area contributed by atoms with Gasteiger partial charge in [-0.05, 0) is 44.4 Å². The van der Waals surface area contributed by atoms with Crippen LogP contribution in [0, 0.1) is 0 Å². The number of hydrogen-bond donors (Lipinski definition) is 1. The molecule has 0 amide bonds. The number of allylic oxidation sites excluding steroid dienone is 1. The van der Waals surface area contributed by atoms with Gasteiger partial charge < -0.3 is 5.32 Å². The van der Waals surface area contributed by atoms with E-state index in [-0.39, 0.29) is 5.54 Å². The second-order valence-corrected chi connectivity index (χ2v) is 4.91. The fourth-order valence-corrected chi connectivity index (χ4v) is 2.26. The van der Waals surface area contributed by atoms with Gasteiger partial charge in [-0.1, -0.05) is 25.1 Å². The second-order valence-electron chi connectivity index (χ2n) is 4.91. The van der Waals surface area contributed by atoms with Crippen molar-refractivity contribution in [3.63, 3.8) is 0 Å². The molecule has 1 aromatic carbocycles. The summed E-state index contributed by atoms with van der Waals surface area (Å²) in [5.74, 6) is 0. The molecular weight excluding hydrogens is 182 g/mol. The summed E-state index contributed by atoms with van der Waals surface area (Å²) in [6.45, 7) is 8.79. The number of rotatable bonds is 1. The van der Waals surface area contributed by atoms with E-state index in [9.17, 15) is 0 Å². The molecule has 1 aliphatic heterocycles. The highest BCUT2D eigenvalue weighted by atomic mass is 15.0. The van der Waals surface area contributed by atoms with Crippen LogP contribution in [0.4, 0.5) is 5.69 Å². The zero-order valence-electron chi connectivity index (χ0n) is 10.0. The van der Waals surface area contributed by atoms with Gasteiger partial charge in [0.2, 0.25) is 0 Å². The monoisotopic (exact) mass is 201 g/mol. The zero-order valence-corrected chi connectivity index (χ0v) is 10.0. The molecule has 1 heterocycles. The summed E-state index contributed by atoms with van der Waals surface area (Å²) in [4.78, 5) is 0. The number of hydrogen-bond acceptors (Lipinski definition) is 1. The van der Waals surface area contributed by atoms with Gasteiger partial charge in [-0.25, -0.2) is 0 Å². The molecule has 1 N–H and O–H groups in total. The minimum absolute atomic E-state index is 0.0729. The van der Waals surface area contributed by atoms with Crippen LogP contribution in [0.5, 0.6) is 0 Å². The van der Waals surface area contributed by atoms with Gasteiger partial charge in [0, 0.05) is 11.3 Å². The molecule has 15 heavy (non-hydrogen) atoms. The molecule has 2 rings (SSSR count). The average molecular weight is 201 g/mol. The average Bonchev–Trinajstić information content (AvgIpc) is 2.14. The molecule has 0 aliphatic carbocycles. The van der Waals surface area contributed by atoms with Gasteiger partial charge in [0.1, 0.15) is 0 Å². The number of nitrogens with one attached hydrogen (secondary N) is 1. The Hall–Kier alpha value is -1.24. The first-order valence-electron chi connectivity index (χ1n) is 5.63. The topological polar surface area (TPSA) is 12.0 Å². The predicted molar refractivity (Wildman–Crippen MR) is 67.2 cm³/mol. The molecule has 1 heteroatoms. The van der Waals surface area contributed by atoms with Crippen molar-refractivity contribution in [1.82, 2.24) is 0 Å².